The first-order valence-corrected chi connectivity index (χ1v) is 12.9. The largest absolute Gasteiger partial charge is 0.376 e. The molecule has 182 valence electrons. The molecule has 2 saturated heterocycles. The number of rotatable bonds is 7. The number of benzene rings is 2. The molecule has 3 amide bonds. The summed E-state index contributed by atoms with van der Waals surface area (Å²) in [6, 6.07) is 12.2. The minimum atomic E-state index is -3.76. The second-order valence-corrected chi connectivity index (χ2v) is 10.5. The standard InChI is InChI=1S/C24H30N4O5S/c1-17-6-12-21(13-7-17)34(31,32)28-14-2-5-22(28)23(29)26-18-8-10-19(11-9-18)27-24(30)25-16-20-4-3-15-33-20/h6-13,20,22H,2-5,14-16H2,1H3,(H,26,29)(H2,25,27,30)/t20?,22-/m0/s1. The summed E-state index contributed by atoms with van der Waals surface area (Å²) < 4.78 is 32.9. The number of aryl methyl sites for hydroxylation is 1. The lowest BCUT2D eigenvalue weighted by Crippen LogP contribution is -2.43. The van der Waals surface area contributed by atoms with Gasteiger partial charge in [-0.1, -0.05) is 17.7 Å². The molecule has 34 heavy (non-hydrogen) atoms. The van der Waals surface area contributed by atoms with Crippen molar-refractivity contribution < 1.29 is 22.7 Å². The van der Waals surface area contributed by atoms with Gasteiger partial charge in [-0.2, -0.15) is 4.31 Å². The normalized spacial score (nSPS) is 20.7. The highest BCUT2D eigenvalue weighted by Crippen LogP contribution is 2.27. The van der Waals surface area contributed by atoms with Crippen molar-refractivity contribution in [1.29, 1.82) is 0 Å². The van der Waals surface area contributed by atoms with Gasteiger partial charge in [-0.3, -0.25) is 4.79 Å². The molecule has 0 spiro atoms. The molecule has 2 fully saturated rings. The second-order valence-electron chi connectivity index (χ2n) is 8.62. The number of ether oxygens (including phenoxy) is 1. The van der Waals surface area contributed by atoms with Crippen molar-refractivity contribution in [2.75, 3.05) is 30.3 Å². The van der Waals surface area contributed by atoms with Gasteiger partial charge in [0.1, 0.15) is 6.04 Å². The Morgan fingerprint density at radius 2 is 1.65 bits per heavy atom. The average Bonchev–Trinajstić information content (AvgIpc) is 3.52. The van der Waals surface area contributed by atoms with E-state index in [1.807, 2.05) is 6.92 Å². The van der Waals surface area contributed by atoms with E-state index in [0.29, 0.717) is 37.3 Å². The summed E-state index contributed by atoms with van der Waals surface area (Å²) in [5.74, 6) is -0.372. The highest BCUT2D eigenvalue weighted by molar-refractivity contribution is 7.89. The Balaban J connectivity index is 1.33. The monoisotopic (exact) mass is 486 g/mol. The molecule has 9 nitrogen and oxygen atoms in total. The minimum absolute atomic E-state index is 0.0633. The molecule has 2 atom stereocenters. The lowest BCUT2D eigenvalue weighted by molar-refractivity contribution is -0.119. The summed E-state index contributed by atoms with van der Waals surface area (Å²) in [4.78, 5) is 25.2. The predicted molar refractivity (Wildman–Crippen MR) is 129 cm³/mol. The molecule has 2 aliphatic rings. The van der Waals surface area contributed by atoms with E-state index in [1.165, 1.54) is 4.31 Å². The number of urea groups is 1. The van der Waals surface area contributed by atoms with E-state index in [0.717, 1.165) is 25.0 Å². The molecule has 3 N–H and O–H groups in total. The van der Waals surface area contributed by atoms with Crippen molar-refractivity contribution in [3.05, 3.63) is 54.1 Å². The van der Waals surface area contributed by atoms with Gasteiger partial charge in [-0.25, -0.2) is 13.2 Å². The second kappa shape index (κ2) is 10.5. The van der Waals surface area contributed by atoms with Crippen LogP contribution in [0.15, 0.2) is 53.4 Å². The fourth-order valence-corrected chi connectivity index (χ4v) is 5.84. The van der Waals surface area contributed by atoms with Crippen LogP contribution in [0.2, 0.25) is 0 Å². The molecular formula is C24H30N4O5S. The van der Waals surface area contributed by atoms with Gasteiger partial charge >= 0.3 is 6.03 Å². The van der Waals surface area contributed by atoms with Crippen LogP contribution in [0, 0.1) is 6.92 Å². The zero-order valence-corrected chi connectivity index (χ0v) is 19.9. The summed E-state index contributed by atoms with van der Waals surface area (Å²) >= 11 is 0. The lowest BCUT2D eigenvalue weighted by atomic mass is 10.2. The Morgan fingerprint density at radius 3 is 2.29 bits per heavy atom. The van der Waals surface area contributed by atoms with Crippen LogP contribution in [0.5, 0.6) is 0 Å². The number of anilines is 2. The van der Waals surface area contributed by atoms with Crippen LogP contribution in [-0.2, 0) is 19.6 Å². The number of sulfonamides is 1. The zero-order chi connectivity index (χ0) is 24.1. The van der Waals surface area contributed by atoms with Crippen molar-refractivity contribution in [2.45, 2.75) is 49.6 Å². The third-order valence-electron chi connectivity index (χ3n) is 6.06. The van der Waals surface area contributed by atoms with Crippen LogP contribution < -0.4 is 16.0 Å². The third-order valence-corrected chi connectivity index (χ3v) is 7.98. The van der Waals surface area contributed by atoms with E-state index in [2.05, 4.69) is 16.0 Å². The Kier molecular flexibility index (Phi) is 7.50. The van der Waals surface area contributed by atoms with Crippen molar-refractivity contribution in [1.82, 2.24) is 9.62 Å². The van der Waals surface area contributed by atoms with E-state index < -0.39 is 16.1 Å². The molecular weight excluding hydrogens is 456 g/mol. The van der Waals surface area contributed by atoms with Gasteiger partial charge in [-0.15, -0.1) is 0 Å². The minimum Gasteiger partial charge on any atom is -0.376 e. The van der Waals surface area contributed by atoms with Crippen LogP contribution in [-0.4, -0.2) is 56.5 Å². The zero-order valence-electron chi connectivity index (χ0n) is 19.1. The molecule has 2 aromatic rings. The number of nitrogens with zero attached hydrogens (tertiary/aromatic N) is 1. The Labute approximate surface area is 199 Å². The molecule has 1 unspecified atom stereocenters. The van der Waals surface area contributed by atoms with Crippen LogP contribution in [0.3, 0.4) is 0 Å². The van der Waals surface area contributed by atoms with Crippen LogP contribution in [0.25, 0.3) is 0 Å². The topological polar surface area (TPSA) is 117 Å². The third kappa shape index (κ3) is 5.75. The van der Waals surface area contributed by atoms with Gasteiger partial charge in [0.2, 0.25) is 15.9 Å². The number of carbonyl (C=O) groups excluding carboxylic acids is 2. The number of amides is 3. The summed E-state index contributed by atoms with van der Waals surface area (Å²) in [7, 11) is -3.76. The molecule has 0 bridgehead atoms. The summed E-state index contributed by atoms with van der Waals surface area (Å²) in [5.41, 5.74) is 2.06. The van der Waals surface area contributed by atoms with E-state index in [4.69, 9.17) is 4.74 Å². The lowest BCUT2D eigenvalue weighted by Gasteiger charge is -2.23. The molecule has 10 heteroatoms. The number of hydrogen-bond donors (Lipinski definition) is 3. The fraction of sp³-hybridized carbons (Fsp3) is 0.417. The van der Waals surface area contributed by atoms with Crippen molar-refractivity contribution in [3.63, 3.8) is 0 Å². The smallest absolute Gasteiger partial charge is 0.319 e. The predicted octanol–water partition coefficient (Wildman–Crippen LogP) is 3.09. The molecule has 0 aliphatic carbocycles. The fourth-order valence-electron chi connectivity index (χ4n) is 4.19. The highest BCUT2D eigenvalue weighted by atomic mass is 32.2. The molecule has 2 aromatic carbocycles. The van der Waals surface area contributed by atoms with Gasteiger partial charge < -0.3 is 20.7 Å². The highest BCUT2D eigenvalue weighted by Gasteiger charge is 2.39. The Bertz CT molecular complexity index is 1110. The maximum absolute atomic E-state index is 13.1. The van der Waals surface area contributed by atoms with E-state index in [1.54, 1.807) is 48.5 Å². The van der Waals surface area contributed by atoms with E-state index >= 15 is 0 Å². The van der Waals surface area contributed by atoms with Crippen LogP contribution >= 0.6 is 0 Å². The molecule has 2 aliphatic heterocycles. The van der Waals surface area contributed by atoms with Gasteiger partial charge in [-0.05, 0) is 69.0 Å². The first kappa shape index (κ1) is 24.2. The number of hydrogen-bond acceptors (Lipinski definition) is 5. The maximum Gasteiger partial charge on any atom is 0.319 e. The van der Waals surface area contributed by atoms with Gasteiger partial charge in [0.25, 0.3) is 0 Å². The molecule has 0 aromatic heterocycles. The summed E-state index contributed by atoms with van der Waals surface area (Å²) in [5, 5.41) is 8.33. The molecule has 0 saturated carbocycles. The quantitative estimate of drug-likeness (QED) is 0.556. The summed E-state index contributed by atoms with van der Waals surface area (Å²) in [6.45, 7) is 3.39. The Hall–Kier alpha value is -2.95. The molecule has 0 radical (unpaired) electrons. The van der Waals surface area contributed by atoms with Crippen LogP contribution in [0.4, 0.5) is 16.2 Å². The SMILES string of the molecule is Cc1ccc(S(=O)(=O)N2CCC[C@H]2C(=O)Nc2ccc(NC(=O)NCC3CCCO3)cc2)cc1. The van der Waals surface area contributed by atoms with E-state index in [-0.39, 0.29) is 22.9 Å². The number of nitrogens with one attached hydrogen (secondary N) is 3. The van der Waals surface area contributed by atoms with Crippen LogP contribution in [0.1, 0.15) is 31.2 Å². The first-order valence-electron chi connectivity index (χ1n) is 11.5. The maximum atomic E-state index is 13.1. The molecule has 2 heterocycles. The van der Waals surface area contributed by atoms with E-state index in [9.17, 15) is 18.0 Å². The first-order chi connectivity index (χ1) is 16.3. The van der Waals surface area contributed by atoms with Crippen molar-refractivity contribution in [3.8, 4) is 0 Å². The van der Waals surface area contributed by atoms with Crippen molar-refractivity contribution >= 4 is 33.3 Å². The average molecular weight is 487 g/mol. The summed E-state index contributed by atoms with van der Waals surface area (Å²) in [6.07, 6.45) is 3.10. The van der Waals surface area contributed by atoms with Gasteiger partial charge in [0, 0.05) is 31.1 Å². The number of carbonyl (C=O) groups is 2. The van der Waals surface area contributed by atoms with Crippen molar-refractivity contribution in [2.24, 2.45) is 0 Å². The Morgan fingerprint density at radius 1 is 0.971 bits per heavy atom. The van der Waals surface area contributed by atoms with Gasteiger partial charge in [0.05, 0.1) is 11.0 Å². The van der Waals surface area contributed by atoms with Gasteiger partial charge in [0.15, 0.2) is 0 Å². The molecule has 4 rings (SSSR count).